The van der Waals surface area contributed by atoms with Crippen molar-refractivity contribution < 1.29 is 9.53 Å². The second-order valence-corrected chi connectivity index (χ2v) is 7.15. The molecule has 3 rings (SSSR count). The van der Waals surface area contributed by atoms with Crippen LogP contribution in [-0.2, 0) is 17.9 Å². The van der Waals surface area contributed by atoms with Crippen LogP contribution >= 0.6 is 11.3 Å². The molecule has 0 atom stereocenters. The fourth-order valence-electron chi connectivity index (χ4n) is 2.55. The van der Waals surface area contributed by atoms with Crippen molar-refractivity contribution in [2.75, 3.05) is 11.9 Å². The van der Waals surface area contributed by atoms with Crippen molar-refractivity contribution in [3.8, 4) is 11.3 Å². The molecule has 1 heterocycles. The maximum atomic E-state index is 12.1. The van der Waals surface area contributed by atoms with E-state index in [2.05, 4.69) is 15.6 Å². The van der Waals surface area contributed by atoms with Gasteiger partial charge in [0.25, 0.3) is 0 Å². The topological polar surface area (TPSA) is 63.2 Å². The van der Waals surface area contributed by atoms with Gasteiger partial charge in [0.15, 0.2) is 0 Å². The highest BCUT2D eigenvalue weighted by Crippen LogP contribution is 2.23. The van der Waals surface area contributed by atoms with Crippen molar-refractivity contribution in [2.24, 2.45) is 0 Å². The summed E-state index contributed by atoms with van der Waals surface area (Å²) in [6.45, 7) is 5.75. The Kier molecular flexibility index (Phi) is 6.57. The van der Waals surface area contributed by atoms with E-state index in [-0.39, 0.29) is 6.03 Å². The number of anilines is 1. The van der Waals surface area contributed by atoms with Gasteiger partial charge < -0.3 is 15.4 Å². The first-order chi connectivity index (χ1) is 13.1. The molecule has 0 aliphatic rings. The first-order valence-corrected chi connectivity index (χ1v) is 9.75. The summed E-state index contributed by atoms with van der Waals surface area (Å²) in [6.07, 6.45) is 0. The number of nitrogens with zero attached hydrogens (tertiary/aromatic N) is 1. The Morgan fingerprint density at radius 3 is 2.41 bits per heavy atom. The highest BCUT2D eigenvalue weighted by molar-refractivity contribution is 7.09. The van der Waals surface area contributed by atoms with Crippen molar-refractivity contribution in [1.82, 2.24) is 10.3 Å². The lowest BCUT2D eigenvalue weighted by atomic mass is 10.1. The maximum absolute atomic E-state index is 12.1. The minimum Gasteiger partial charge on any atom is -0.377 e. The number of urea groups is 1. The van der Waals surface area contributed by atoms with Crippen LogP contribution in [0, 0.1) is 6.92 Å². The van der Waals surface area contributed by atoms with E-state index in [0.717, 1.165) is 33.1 Å². The lowest BCUT2D eigenvalue weighted by Gasteiger charge is -2.09. The summed E-state index contributed by atoms with van der Waals surface area (Å²) >= 11 is 1.63. The predicted molar refractivity (Wildman–Crippen MR) is 110 cm³/mol. The zero-order valence-electron chi connectivity index (χ0n) is 15.5. The van der Waals surface area contributed by atoms with Gasteiger partial charge in [0.1, 0.15) is 0 Å². The van der Waals surface area contributed by atoms with Crippen molar-refractivity contribution in [3.05, 3.63) is 70.0 Å². The van der Waals surface area contributed by atoms with Crippen LogP contribution in [0.25, 0.3) is 11.3 Å². The molecule has 3 aromatic rings. The standard InChI is InChI=1S/C21H23N3O2S/c1-3-26-13-17-6-4-16(5-7-17)12-22-21(25)24-19-10-8-18(9-11-19)20-14-27-15(2)23-20/h4-11,14H,3,12-13H2,1-2H3,(H2,22,24,25). The fraction of sp³-hybridized carbons (Fsp3) is 0.238. The molecule has 2 N–H and O–H groups in total. The van der Waals surface area contributed by atoms with Gasteiger partial charge in [0.2, 0.25) is 0 Å². The van der Waals surface area contributed by atoms with Crippen LogP contribution in [0.2, 0.25) is 0 Å². The summed E-state index contributed by atoms with van der Waals surface area (Å²) in [5, 5.41) is 8.79. The smallest absolute Gasteiger partial charge is 0.319 e. The number of hydrogen-bond donors (Lipinski definition) is 2. The first-order valence-electron chi connectivity index (χ1n) is 8.87. The lowest BCUT2D eigenvalue weighted by Crippen LogP contribution is -2.28. The molecule has 6 heteroatoms. The molecule has 27 heavy (non-hydrogen) atoms. The van der Waals surface area contributed by atoms with Crippen molar-refractivity contribution in [3.63, 3.8) is 0 Å². The number of carbonyl (C=O) groups excluding carboxylic acids is 1. The average Bonchev–Trinajstić information content (AvgIpc) is 3.12. The summed E-state index contributed by atoms with van der Waals surface area (Å²) in [5.41, 5.74) is 4.91. The molecule has 0 spiro atoms. The summed E-state index contributed by atoms with van der Waals surface area (Å²) in [4.78, 5) is 16.6. The van der Waals surface area contributed by atoms with Crippen molar-refractivity contribution >= 4 is 23.1 Å². The third kappa shape index (κ3) is 5.64. The van der Waals surface area contributed by atoms with Crippen LogP contribution in [0.15, 0.2) is 53.9 Å². The largest absolute Gasteiger partial charge is 0.377 e. The minimum atomic E-state index is -0.231. The number of hydrogen-bond acceptors (Lipinski definition) is 4. The van der Waals surface area contributed by atoms with Crippen LogP contribution in [-0.4, -0.2) is 17.6 Å². The van der Waals surface area contributed by atoms with Crippen LogP contribution in [0.5, 0.6) is 0 Å². The SMILES string of the molecule is CCOCc1ccc(CNC(=O)Nc2ccc(-c3csc(C)n3)cc2)cc1. The third-order valence-electron chi connectivity index (χ3n) is 4.01. The Hall–Kier alpha value is -2.70. The second-order valence-electron chi connectivity index (χ2n) is 6.09. The molecule has 2 aromatic carbocycles. The fourth-order valence-corrected chi connectivity index (χ4v) is 3.17. The van der Waals surface area contributed by atoms with Crippen LogP contribution in [0.4, 0.5) is 10.5 Å². The molecule has 0 aliphatic heterocycles. The molecule has 0 saturated heterocycles. The average molecular weight is 382 g/mol. The number of amides is 2. The number of carbonyl (C=O) groups is 1. The molecule has 0 aliphatic carbocycles. The predicted octanol–water partition coefficient (Wildman–Crippen LogP) is 4.98. The van der Waals surface area contributed by atoms with Gasteiger partial charge in [-0.1, -0.05) is 36.4 Å². The Morgan fingerprint density at radius 1 is 1.07 bits per heavy atom. The summed E-state index contributed by atoms with van der Waals surface area (Å²) < 4.78 is 5.38. The quantitative estimate of drug-likeness (QED) is 0.607. The number of benzene rings is 2. The zero-order chi connectivity index (χ0) is 19.1. The normalized spacial score (nSPS) is 10.6. The van der Waals surface area contributed by atoms with Crippen LogP contribution in [0.1, 0.15) is 23.1 Å². The molecule has 5 nitrogen and oxygen atoms in total. The van der Waals surface area contributed by atoms with Crippen molar-refractivity contribution in [1.29, 1.82) is 0 Å². The van der Waals surface area contributed by atoms with E-state index in [1.807, 2.05) is 67.8 Å². The van der Waals surface area contributed by atoms with Gasteiger partial charge in [0.05, 0.1) is 17.3 Å². The highest BCUT2D eigenvalue weighted by Gasteiger charge is 2.05. The van der Waals surface area contributed by atoms with Gasteiger partial charge in [-0.15, -0.1) is 11.3 Å². The molecule has 0 radical (unpaired) electrons. The number of rotatable bonds is 7. The third-order valence-corrected chi connectivity index (χ3v) is 4.78. The number of nitrogens with one attached hydrogen (secondary N) is 2. The van der Waals surface area contributed by atoms with Gasteiger partial charge in [-0.25, -0.2) is 9.78 Å². The molecular formula is C21H23N3O2S. The van der Waals surface area contributed by atoms with E-state index in [0.29, 0.717) is 19.8 Å². The van der Waals surface area contributed by atoms with Crippen LogP contribution in [0.3, 0.4) is 0 Å². The van der Waals surface area contributed by atoms with Crippen LogP contribution < -0.4 is 10.6 Å². The Bertz CT molecular complexity index is 873. The van der Waals surface area contributed by atoms with Crippen molar-refractivity contribution in [2.45, 2.75) is 27.0 Å². The van der Waals surface area contributed by atoms with Gasteiger partial charge in [0, 0.05) is 29.8 Å². The number of aromatic nitrogens is 1. The second kappa shape index (κ2) is 9.30. The van der Waals surface area contributed by atoms with E-state index in [1.165, 1.54) is 0 Å². The van der Waals surface area contributed by atoms with Gasteiger partial charge in [-0.2, -0.15) is 0 Å². The van der Waals surface area contributed by atoms with E-state index in [4.69, 9.17) is 4.74 Å². The molecule has 140 valence electrons. The number of ether oxygens (including phenoxy) is 1. The number of aryl methyl sites for hydroxylation is 1. The molecule has 2 amide bonds. The highest BCUT2D eigenvalue weighted by atomic mass is 32.1. The molecule has 1 aromatic heterocycles. The molecule has 0 fully saturated rings. The zero-order valence-corrected chi connectivity index (χ0v) is 16.3. The van der Waals surface area contributed by atoms with E-state index < -0.39 is 0 Å². The van der Waals surface area contributed by atoms with E-state index in [9.17, 15) is 4.79 Å². The van der Waals surface area contributed by atoms with Gasteiger partial charge in [-0.05, 0) is 37.1 Å². The molecule has 0 bridgehead atoms. The monoisotopic (exact) mass is 381 g/mol. The summed E-state index contributed by atoms with van der Waals surface area (Å²) in [6, 6.07) is 15.5. The van der Waals surface area contributed by atoms with Gasteiger partial charge >= 0.3 is 6.03 Å². The van der Waals surface area contributed by atoms with Gasteiger partial charge in [-0.3, -0.25) is 0 Å². The molecule has 0 unspecified atom stereocenters. The minimum absolute atomic E-state index is 0.231. The Balaban J connectivity index is 1.49. The van der Waals surface area contributed by atoms with E-state index in [1.54, 1.807) is 11.3 Å². The van der Waals surface area contributed by atoms with E-state index >= 15 is 0 Å². The Morgan fingerprint density at radius 2 is 1.78 bits per heavy atom. The Labute approximate surface area is 163 Å². The first kappa shape index (κ1) is 19.1. The maximum Gasteiger partial charge on any atom is 0.319 e. The number of thiazole rings is 1. The summed E-state index contributed by atoms with van der Waals surface area (Å²) in [5.74, 6) is 0. The molecular weight excluding hydrogens is 358 g/mol. The lowest BCUT2D eigenvalue weighted by molar-refractivity contribution is 0.134. The molecule has 0 saturated carbocycles. The summed E-state index contributed by atoms with van der Waals surface area (Å²) in [7, 11) is 0.